The highest BCUT2D eigenvalue weighted by atomic mass is 16.5. The maximum atomic E-state index is 13.4. The molecule has 1 amide bonds. The third kappa shape index (κ3) is 5.69. The van der Waals surface area contributed by atoms with E-state index in [0.29, 0.717) is 42.5 Å². The number of rotatable bonds is 9. The highest BCUT2D eigenvalue weighted by molar-refractivity contribution is 5.90. The van der Waals surface area contributed by atoms with Gasteiger partial charge >= 0.3 is 5.69 Å². The molecule has 0 atom stereocenters. The smallest absolute Gasteiger partial charge is 0.331 e. The van der Waals surface area contributed by atoms with Gasteiger partial charge in [-0.25, -0.2) is 4.79 Å². The fraction of sp³-hybridized carbons (Fsp3) is 0.250. The molecule has 0 fully saturated rings. The van der Waals surface area contributed by atoms with Crippen molar-refractivity contribution in [3.63, 3.8) is 0 Å². The second-order valence-corrected chi connectivity index (χ2v) is 8.57. The van der Waals surface area contributed by atoms with Crippen molar-refractivity contribution in [3.05, 3.63) is 105 Å². The van der Waals surface area contributed by atoms with Gasteiger partial charge in [-0.05, 0) is 61.7 Å². The van der Waals surface area contributed by atoms with Gasteiger partial charge in [0, 0.05) is 18.7 Å². The maximum Gasteiger partial charge on any atom is 0.331 e. The Balaban J connectivity index is 1.50. The summed E-state index contributed by atoms with van der Waals surface area (Å²) in [7, 11) is 1.60. The maximum absolute atomic E-state index is 13.4. The zero-order valence-corrected chi connectivity index (χ0v) is 20.0. The molecule has 0 spiro atoms. The molecule has 0 radical (unpaired) electrons. The quantitative estimate of drug-likeness (QED) is 0.368. The van der Waals surface area contributed by atoms with Crippen LogP contribution >= 0.6 is 0 Å². The molecule has 1 N–H and O–H groups in total. The van der Waals surface area contributed by atoms with Crippen molar-refractivity contribution in [1.82, 2.24) is 9.13 Å². The molecule has 0 bridgehead atoms. The van der Waals surface area contributed by atoms with Gasteiger partial charge in [0.05, 0.1) is 24.6 Å². The van der Waals surface area contributed by atoms with Crippen LogP contribution in [0.25, 0.3) is 10.9 Å². The number of nitrogens with one attached hydrogen (secondary N) is 1. The van der Waals surface area contributed by atoms with E-state index in [1.165, 1.54) is 4.57 Å². The highest BCUT2D eigenvalue weighted by Gasteiger charge is 2.14. The Hall–Kier alpha value is -4.13. The molecule has 0 aliphatic heterocycles. The Labute approximate surface area is 203 Å². The fourth-order valence-electron chi connectivity index (χ4n) is 4.09. The Bertz CT molecular complexity index is 1450. The van der Waals surface area contributed by atoms with E-state index in [4.69, 9.17) is 4.74 Å². The van der Waals surface area contributed by atoms with E-state index >= 15 is 0 Å². The number of amides is 1. The van der Waals surface area contributed by atoms with Gasteiger partial charge in [-0.3, -0.25) is 18.7 Å². The summed E-state index contributed by atoms with van der Waals surface area (Å²) in [6.45, 7) is 2.55. The number of aryl methyl sites for hydroxylation is 1. The van der Waals surface area contributed by atoms with Crippen LogP contribution in [0.15, 0.2) is 82.4 Å². The van der Waals surface area contributed by atoms with Crippen LogP contribution in [0, 0.1) is 6.92 Å². The number of aromatic nitrogens is 2. The lowest BCUT2D eigenvalue weighted by Gasteiger charge is -2.15. The van der Waals surface area contributed by atoms with Gasteiger partial charge in [0.25, 0.3) is 5.56 Å². The summed E-state index contributed by atoms with van der Waals surface area (Å²) < 4.78 is 8.20. The predicted molar refractivity (Wildman–Crippen MR) is 138 cm³/mol. The minimum Gasteiger partial charge on any atom is -0.497 e. The Morgan fingerprint density at radius 1 is 0.914 bits per heavy atom. The first-order chi connectivity index (χ1) is 17.0. The Morgan fingerprint density at radius 3 is 2.46 bits per heavy atom. The van der Waals surface area contributed by atoms with Gasteiger partial charge in [0.1, 0.15) is 5.75 Å². The number of methoxy groups -OCH3 is 1. The van der Waals surface area contributed by atoms with Crippen LogP contribution in [-0.2, 0) is 17.9 Å². The van der Waals surface area contributed by atoms with E-state index in [-0.39, 0.29) is 23.7 Å². The second kappa shape index (κ2) is 10.9. The van der Waals surface area contributed by atoms with Crippen LogP contribution in [-0.4, -0.2) is 22.2 Å². The number of fused-ring (bicyclic) bond motifs is 1. The van der Waals surface area contributed by atoms with E-state index in [0.717, 1.165) is 16.8 Å². The summed E-state index contributed by atoms with van der Waals surface area (Å²) in [6.07, 6.45) is 1.41. The normalized spacial score (nSPS) is 10.9. The zero-order valence-electron chi connectivity index (χ0n) is 20.0. The van der Waals surface area contributed by atoms with Gasteiger partial charge < -0.3 is 10.1 Å². The molecule has 7 heteroatoms. The molecule has 35 heavy (non-hydrogen) atoms. The standard InChI is InChI=1S/C28H29N3O4/c1-20-13-15-22(16-14-20)29-26(32)12-5-6-17-30-27(33)24-10-3-4-11-25(24)31(28(30)34)19-21-8-7-9-23(18-21)35-2/h3-4,7-11,13-16,18H,5-6,12,17,19H2,1-2H3,(H,29,32). The fourth-order valence-corrected chi connectivity index (χ4v) is 4.09. The van der Waals surface area contributed by atoms with Gasteiger partial charge in [-0.15, -0.1) is 0 Å². The zero-order chi connectivity index (χ0) is 24.8. The molecule has 3 aromatic carbocycles. The average Bonchev–Trinajstić information content (AvgIpc) is 2.87. The van der Waals surface area contributed by atoms with Crippen LogP contribution in [0.2, 0.25) is 0 Å². The molecule has 0 saturated carbocycles. The first kappa shape index (κ1) is 24.0. The van der Waals surface area contributed by atoms with Crippen molar-refractivity contribution in [3.8, 4) is 5.75 Å². The van der Waals surface area contributed by atoms with Crippen LogP contribution < -0.4 is 21.3 Å². The molecule has 1 aromatic heterocycles. The lowest BCUT2D eigenvalue weighted by molar-refractivity contribution is -0.116. The summed E-state index contributed by atoms with van der Waals surface area (Å²) in [4.78, 5) is 38.7. The van der Waals surface area contributed by atoms with Gasteiger partial charge in [-0.2, -0.15) is 0 Å². The minimum atomic E-state index is -0.361. The number of carbonyl (C=O) groups is 1. The van der Waals surface area contributed by atoms with E-state index in [1.54, 1.807) is 29.9 Å². The van der Waals surface area contributed by atoms with Gasteiger partial charge in [0.15, 0.2) is 0 Å². The predicted octanol–water partition coefficient (Wildman–Crippen LogP) is 4.34. The largest absolute Gasteiger partial charge is 0.497 e. The third-order valence-corrected chi connectivity index (χ3v) is 5.98. The number of nitrogens with zero attached hydrogens (tertiary/aromatic N) is 2. The molecule has 0 unspecified atom stereocenters. The molecule has 180 valence electrons. The monoisotopic (exact) mass is 471 g/mol. The van der Waals surface area contributed by atoms with E-state index in [9.17, 15) is 14.4 Å². The first-order valence-electron chi connectivity index (χ1n) is 11.7. The molecular weight excluding hydrogens is 442 g/mol. The van der Waals surface area contributed by atoms with Crippen molar-refractivity contribution in [2.75, 3.05) is 12.4 Å². The van der Waals surface area contributed by atoms with Crippen molar-refractivity contribution in [2.45, 2.75) is 39.3 Å². The number of para-hydroxylation sites is 1. The number of carbonyl (C=O) groups excluding carboxylic acids is 1. The molecule has 7 nitrogen and oxygen atoms in total. The van der Waals surface area contributed by atoms with Gasteiger partial charge in [0.2, 0.25) is 5.91 Å². The molecule has 1 heterocycles. The van der Waals surface area contributed by atoms with Crippen molar-refractivity contribution >= 4 is 22.5 Å². The third-order valence-electron chi connectivity index (χ3n) is 5.98. The van der Waals surface area contributed by atoms with E-state index in [1.807, 2.05) is 61.5 Å². The summed E-state index contributed by atoms with van der Waals surface area (Å²) in [5.74, 6) is 0.618. The molecular formula is C28H29N3O4. The summed E-state index contributed by atoms with van der Waals surface area (Å²) in [6, 6.07) is 22.3. The van der Waals surface area contributed by atoms with Crippen LogP contribution in [0.3, 0.4) is 0 Å². The van der Waals surface area contributed by atoms with Crippen LogP contribution in [0.4, 0.5) is 5.69 Å². The minimum absolute atomic E-state index is 0.0878. The van der Waals surface area contributed by atoms with Crippen molar-refractivity contribution < 1.29 is 9.53 Å². The van der Waals surface area contributed by atoms with Crippen molar-refractivity contribution in [1.29, 1.82) is 0 Å². The second-order valence-electron chi connectivity index (χ2n) is 8.57. The lowest BCUT2D eigenvalue weighted by Crippen LogP contribution is -2.40. The molecule has 0 aliphatic rings. The molecule has 0 saturated heterocycles. The average molecular weight is 472 g/mol. The number of hydrogen-bond donors (Lipinski definition) is 1. The first-order valence-corrected chi connectivity index (χ1v) is 11.7. The number of anilines is 1. The van der Waals surface area contributed by atoms with E-state index in [2.05, 4.69) is 5.32 Å². The Kier molecular flexibility index (Phi) is 7.45. The van der Waals surface area contributed by atoms with Gasteiger partial charge in [-0.1, -0.05) is 42.0 Å². The lowest BCUT2D eigenvalue weighted by atomic mass is 10.2. The molecule has 4 rings (SSSR count). The number of unbranched alkanes of at least 4 members (excludes halogenated alkanes) is 1. The topological polar surface area (TPSA) is 82.3 Å². The summed E-state index contributed by atoms with van der Waals surface area (Å²) in [5, 5.41) is 3.37. The number of ether oxygens (including phenoxy) is 1. The van der Waals surface area contributed by atoms with E-state index < -0.39 is 0 Å². The summed E-state index contributed by atoms with van der Waals surface area (Å²) in [5.41, 5.74) is 2.71. The van der Waals surface area contributed by atoms with Crippen LogP contribution in [0.1, 0.15) is 30.4 Å². The van der Waals surface area contributed by atoms with Crippen molar-refractivity contribution in [2.24, 2.45) is 0 Å². The summed E-state index contributed by atoms with van der Waals surface area (Å²) >= 11 is 0. The number of benzene rings is 3. The number of hydrogen-bond acceptors (Lipinski definition) is 4. The SMILES string of the molecule is COc1cccc(Cn2c(=O)n(CCCCC(=O)Nc3ccc(C)cc3)c(=O)c3ccccc32)c1. The highest BCUT2D eigenvalue weighted by Crippen LogP contribution is 2.16. The molecule has 0 aliphatic carbocycles. The molecule has 4 aromatic rings. The Morgan fingerprint density at radius 2 is 1.69 bits per heavy atom. The van der Waals surface area contributed by atoms with Crippen LogP contribution in [0.5, 0.6) is 5.75 Å².